The SMILES string of the molecule is O=C(Nc1nc2c3ccccc3nc(C3CC3)n2n1)c1ccccc1Cl. The van der Waals surface area contributed by atoms with E-state index in [1.807, 2.05) is 24.3 Å². The third-order valence-electron chi connectivity index (χ3n) is 4.49. The Kier molecular flexibility index (Phi) is 3.39. The second-order valence-electron chi connectivity index (χ2n) is 6.37. The van der Waals surface area contributed by atoms with E-state index in [4.69, 9.17) is 16.6 Å². The molecule has 1 amide bonds. The highest BCUT2D eigenvalue weighted by Gasteiger charge is 2.29. The molecule has 5 rings (SSSR count). The molecule has 0 spiro atoms. The molecule has 1 aliphatic rings. The van der Waals surface area contributed by atoms with E-state index in [9.17, 15) is 4.79 Å². The molecule has 0 aliphatic heterocycles. The molecular formula is C19H14ClN5O. The molecule has 0 radical (unpaired) electrons. The fraction of sp³-hybridized carbons (Fsp3) is 0.158. The Balaban J connectivity index is 1.61. The average molecular weight is 364 g/mol. The summed E-state index contributed by atoms with van der Waals surface area (Å²) in [6, 6.07) is 14.7. The van der Waals surface area contributed by atoms with Gasteiger partial charge in [-0.3, -0.25) is 10.1 Å². The zero-order chi connectivity index (χ0) is 17.7. The summed E-state index contributed by atoms with van der Waals surface area (Å²) in [4.78, 5) is 21.8. The lowest BCUT2D eigenvalue weighted by atomic mass is 10.2. The van der Waals surface area contributed by atoms with Gasteiger partial charge in [-0.25, -0.2) is 4.98 Å². The normalized spacial score (nSPS) is 14.0. The molecule has 0 saturated heterocycles. The van der Waals surface area contributed by atoms with Gasteiger partial charge in [0.1, 0.15) is 5.82 Å². The summed E-state index contributed by atoms with van der Waals surface area (Å²) in [6.45, 7) is 0. The molecule has 2 aromatic carbocycles. The van der Waals surface area contributed by atoms with Crippen molar-refractivity contribution in [2.75, 3.05) is 5.32 Å². The number of hydrogen-bond donors (Lipinski definition) is 1. The number of hydrogen-bond acceptors (Lipinski definition) is 4. The number of nitrogens with one attached hydrogen (secondary N) is 1. The fourth-order valence-corrected chi connectivity index (χ4v) is 3.27. The Hall–Kier alpha value is -2.99. The Morgan fingerprint density at radius 3 is 2.65 bits per heavy atom. The third-order valence-corrected chi connectivity index (χ3v) is 4.82. The van der Waals surface area contributed by atoms with E-state index in [1.54, 1.807) is 28.8 Å². The van der Waals surface area contributed by atoms with Crippen LogP contribution in [0.4, 0.5) is 5.95 Å². The van der Waals surface area contributed by atoms with E-state index in [-0.39, 0.29) is 11.9 Å². The molecule has 0 atom stereocenters. The predicted octanol–water partition coefficient (Wildman–Crippen LogP) is 4.06. The smallest absolute Gasteiger partial charge is 0.259 e. The van der Waals surface area contributed by atoms with E-state index in [0.29, 0.717) is 22.2 Å². The van der Waals surface area contributed by atoms with Gasteiger partial charge in [-0.05, 0) is 37.1 Å². The van der Waals surface area contributed by atoms with E-state index in [0.717, 1.165) is 29.6 Å². The molecule has 128 valence electrons. The Morgan fingerprint density at radius 2 is 1.85 bits per heavy atom. The quantitative estimate of drug-likeness (QED) is 0.595. The van der Waals surface area contributed by atoms with E-state index in [2.05, 4.69) is 15.4 Å². The van der Waals surface area contributed by atoms with Gasteiger partial charge in [0.2, 0.25) is 5.95 Å². The number of rotatable bonds is 3. The van der Waals surface area contributed by atoms with Gasteiger partial charge in [0.15, 0.2) is 5.65 Å². The van der Waals surface area contributed by atoms with Crippen molar-refractivity contribution in [3.05, 3.63) is 64.9 Å². The van der Waals surface area contributed by atoms with Crippen molar-refractivity contribution in [1.29, 1.82) is 0 Å². The molecule has 26 heavy (non-hydrogen) atoms. The molecule has 1 aliphatic carbocycles. The van der Waals surface area contributed by atoms with Gasteiger partial charge in [-0.2, -0.15) is 9.50 Å². The maximum Gasteiger partial charge on any atom is 0.259 e. The maximum absolute atomic E-state index is 12.5. The number of carbonyl (C=O) groups is 1. The summed E-state index contributed by atoms with van der Waals surface area (Å²) >= 11 is 6.10. The van der Waals surface area contributed by atoms with Gasteiger partial charge in [-0.1, -0.05) is 35.9 Å². The van der Waals surface area contributed by atoms with Crippen LogP contribution in [0.5, 0.6) is 0 Å². The maximum atomic E-state index is 12.5. The minimum atomic E-state index is -0.336. The van der Waals surface area contributed by atoms with Crippen molar-refractivity contribution in [3.8, 4) is 0 Å². The third kappa shape index (κ3) is 2.50. The lowest BCUT2D eigenvalue weighted by Crippen LogP contribution is -2.13. The molecule has 6 nitrogen and oxygen atoms in total. The number of benzene rings is 2. The Bertz CT molecular complexity index is 1170. The fourth-order valence-electron chi connectivity index (χ4n) is 3.05. The van der Waals surface area contributed by atoms with Crippen LogP contribution < -0.4 is 5.32 Å². The molecule has 1 fully saturated rings. The molecule has 0 unspecified atom stereocenters. The van der Waals surface area contributed by atoms with Crippen LogP contribution >= 0.6 is 11.6 Å². The zero-order valence-corrected chi connectivity index (χ0v) is 14.4. The van der Waals surface area contributed by atoms with Crippen LogP contribution in [0.25, 0.3) is 16.6 Å². The first kappa shape index (κ1) is 15.3. The number of anilines is 1. The molecule has 4 aromatic rings. The minimum absolute atomic E-state index is 0.245. The number of nitrogens with zero attached hydrogens (tertiary/aromatic N) is 4. The number of aromatic nitrogens is 4. The highest BCUT2D eigenvalue weighted by molar-refractivity contribution is 6.34. The van der Waals surface area contributed by atoms with Crippen molar-refractivity contribution in [1.82, 2.24) is 19.6 Å². The molecule has 2 aromatic heterocycles. The number of carbonyl (C=O) groups excluding carboxylic acids is 1. The molecule has 0 bridgehead atoms. The van der Waals surface area contributed by atoms with Gasteiger partial charge in [-0.15, -0.1) is 5.10 Å². The number of amides is 1. The molecule has 7 heteroatoms. The van der Waals surface area contributed by atoms with Crippen molar-refractivity contribution < 1.29 is 4.79 Å². The van der Waals surface area contributed by atoms with Crippen molar-refractivity contribution in [2.24, 2.45) is 0 Å². The summed E-state index contributed by atoms with van der Waals surface area (Å²) in [6.07, 6.45) is 2.20. The van der Waals surface area contributed by atoms with Gasteiger partial charge >= 0.3 is 0 Å². The second kappa shape index (κ2) is 5.78. The van der Waals surface area contributed by atoms with Gasteiger partial charge < -0.3 is 0 Å². The van der Waals surface area contributed by atoms with Crippen LogP contribution in [0.3, 0.4) is 0 Å². The van der Waals surface area contributed by atoms with Gasteiger partial charge in [0.25, 0.3) is 5.91 Å². The summed E-state index contributed by atoms with van der Waals surface area (Å²) in [5, 5.41) is 8.53. The van der Waals surface area contributed by atoms with Crippen LogP contribution in [0.15, 0.2) is 48.5 Å². The Labute approximate surface area is 153 Å². The molecule has 1 N–H and O–H groups in total. The zero-order valence-electron chi connectivity index (χ0n) is 13.7. The van der Waals surface area contributed by atoms with Gasteiger partial charge in [0, 0.05) is 11.3 Å². The van der Waals surface area contributed by atoms with Crippen LogP contribution in [-0.2, 0) is 0 Å². The van der Waals surface area contributed by atoms with Crippen molar-refractivity contribution in [3.63, 3.8) is 0 Å². The minimum Gasteiger partial charge on any atom is -0.289 e. The summed E-state index contributed by atoms with van der Waals surface area (Å²) in [7, 11) is 0. The first-order chi connectivity index (χ1) is 12.7. The monoisotopic (exact) mass is 363 g/mol. The molecule has 2 heterocycles. The van der Waals surface area contributed by atoms with E-state index in [1.165, 1.54) is 0 Å². The first-order valence-electron chi connectivity index (χ1n) is 8.42. The van der Waals surface area contributed by atoms with Gasteiger partial charge in [0.05, 0.1) is 16.1 Å². The predicted molar refractivity (Wildman–Crippen MR) is 99.7 cm³/mol. The van der Waals surface area contributed by atoms with E-state index >= 15 is 0 Å². The lowest BCUT2D eigenvalue weighted by Gasteiger charge is -2.04. The van der Waals surface area contributed by atoms with Crippen LogP contribution in [0.2, 0.25) is 5.02 Å². The standard InChI is InChI=1S/C19H14ClN5O/c20-14-7-3-1-5-12(14)18(26)23-19-22-17-13-6-2-4-8-15(13)21-16(11-9-10-11)25(17)24-19/h1-8,11H,9-10H2,(H,23,24,26). The lowest BCUT2D eigenvalue weighted by molar-refractivity contribution is 0.102. The van der Waals surface area contributed by atoms with Crippen LogP contribution in [-0.4, -0.2) is 25.5 Å². The topological polar surface area (TPSA) is 72.2 Å². The number of halogens is 1. The first-order valence-corrected chi connectivity index (χ1v) is 8.80. The highest BCUT2D eigenvalue weighted by atomic mass is 35.5. The molecule has 1 saturated carbocycles. The summed E-state index contributed by atoms with van der Waals surface area (Å²) in [5.74, 6) is 1.20. The Morgan fingerprint density at radius 1 is 1.08 bits per heavy atom. The molecular weight excluding hydrogens is 350 g/mol. The summed E-state index contributed by atoms with van der Waals surface area (Å²) in [5.41, 5.74) is 1.98. The summed E-state index contributed by atoms with van der Waals surface area (Å²) < 4.78 is 1.75. The largest absolute Gasteiger partial charge is 0.289 e. The highest BCUT2D eigenvalue weighted by Crippen LogP contribution is 2.39. The van der Waals surface area contributed by atoms with Crippen molar-refractivity contribution >= 4 is 40.0 Å². The van der Waals surface area contributed by atoms with Crippen LogP contribution in [0.1, 0.15) is 34.9 Å². The van der Waals surface area contributed by atoms with Crippen LogP contribution in [0, 0.1) is 0 Å². The van der Waals surface area contributed by atoms with E-state index < -0.39 is 0 Å². The second-order valence-corrected chi connectivity index (χ2v) is 6.77. The van der Waals surface area contributed by atoms with Crippen molar-refractivity contribution in [2.45, 2.75) is 18.8 Å². The number of fused-ring (bicyclic) bond motifs is 3. The number of para-hydroxylation sites is 1. The average Bonchev–Trinajstić information content (AvgIpc) is 3.41.